The predicted octanol–water partition coefficient (Wildman–Crippen LogP) is 8.66. The van der Waals surface area contributed by atoms with Crippen molar-refractivity contribution < 1.29 is 19.1 Å². The Hall–Kier alpha value is -2.28. The quantitative estimate of drug-likeness (QED) is 0.325. The van der Waals surface area contributed by atoms with Crippen LogP contribution < -0.4 is 9.47 Å². The van der Waals surface area contributed by atoms with Crippen molar-refractivity contribution >= 4 is 50.7 Å². The highest BCUT2D eigenvalue weighted by Crippen LogP contribution is 2.55. The zero-order valence-electron chi connectivity index (χ0n) is 23.7. The van der Waals surface area contributed by atoms with E-state index in [1.54, 1.807) is 19.2 Å². The Kier molecular flexibility index (Phi) is 7.69. The zero-order valence-corrected chi connectivity index (χ0v) is 26.8. The van der Waals surface area contributed by atoms with Crippen LogP contribution in [0.5, 0.6) is 11.5 Å². The Morgan fingerprint density at radius 3 is 2.00 bits per heavy atom. The maximum Gasteiger partial charge on any atom is 0.175 e. The minimum Gasteiger partial charge on any atom is -0.493 e. The zero-order chi connectivity index (χ0) is 29.1. The summed E-state index contributed by atoms with van der Waals surface area (Å²) in [6.45, 7) is 8.80. The Bertz CT molecular complexity index is 1440. The van der Waals surface area contributed by atoms with E-state index >= 15 is 0 Å². The molecule has 2 aromatic carbocycles. The second-order valence-corrected chi connectivity index (χ2v) is 14.3. The molecule has 0 spiro atoms. The van der Waals surface area contributed by atoms with Crippen molar-refractivity contribution in [2.45, 2.75) is 65.9 Å². The number of hydrogen-bond acceptors (Lipinski definition) is 5. The smallest absolute Gasteiger partial charge is 0.175 e. The minimum atomic E-state index is -0.456. The van der Waals surface area contributed by atoms with Crippen LogP contribution in [0, 0.1) is 10.8 Å². The number of rotatable bonds is 5. The van der Waals surface area contributed by atoms with Gasteiger partial charge in [-0.15, -0.1) is 0 Å². The van der Waals surface area contributed by atoms with Crippen molar-refractivity contribution in [2.75, 3.05) is 14.2 Å². The Balaban J connectivity index is 1.61. The molecule has 2 aromatic rings. The van der Waals surface area contributed by atoms with Gasteiger partial charge in [0.1, 0.15) is 6.61 Å². The summed E-state index contributed by atoms with van der Waals surface area (Å²) < 4.78 is 12.6. The van der Waals surface area contributed by atoms with Crippen molar-refractivity contribution in [2.24, 2.45) is 10.8 Å². The van der Waals surface area contributed by atoms with Gasteiger partial charge in [0.2, 0.25) is 0 Å². The largest absolute Gasteiger partial charge is 0.493 e. The third-order valence-corrected chi connectivity index (χ3v) is 9.46. The summed E-state index contributed by atoms with van der Waals surface area (Å²) in [5, 5.41) is 0.940. The number of benzene rings is 2. The molecule has 0 radical (unpaired) electrons. The number of halogens is 3. The Labute approximate surface area is 254 Å². The fraction of sp³-hybridized carbons (Fsp3) is 0.438. The van der Waals surface area contributed by atoms with Gasteiger partial charge in [-0.2, -0.15) is 0 Å². The number of methoxy groups -OCH3 is 1. The van der Waals surface area contributed by atoms with Crippen LogP contribution in [0.2, 0.25) is 10.0 Å². The van der Waals surface area contributed by atoms with E-state index in [4.69, 9.17) is 32.7 Å². The van der Waals surface area contributed by atoms with Crippen molar-refractivity contribution in [3.63, 3.8) is 0 Å². The van der Waals surface area contributed by atoms with Crippen LogP contribution in [-0.2, 0) is 16.2 Å². The molecule has 0 amide bonds. The van der Waals surface area contributed by atoms with Crippen LogP contribution >= 0.6 is 39.1 Å². The number of carbonyl (C=O) groups excluding carboxylic acids is 2. The molecule has 1 heterocycles. The molecule has 40 heavy (non-hydrogen) atoms. The molecule has 0 N–H and O–H groups in total. The molecule has 212 valence electrons. The van der Waals surface area contributed by atoms with Gasteiger partial charge in [-0.3, -0.25) is 9.59 Å². The molecule has 0 saturated heterocycles. The lowest BCUT2D eigenvalue weighted by atomic mass is 9.64. The van der Waals surface area contributed by atoms with Crippen molar-refractivity contribution in [1.29, 1.82) is 0 Å². The van der Waals surface area contributed by atoms with Crippen molar-refractivity contribution in [1.82, 2.24) is 4.90 Å². The van der Waals surface area contributed by atoms with E-state index in [1.165, 1.54) is 0 Å². The standard InChI is InChI=1S/C32H34BrCl2NO4/c1-31(2)12-22-28(24(37)14-31)27(29-23(36(22)5)13-32(3,4)15-25(29)38)18-10-19(33)30(26(11-18)39-6)40-16-17-7-8-20(34)21(35)9-17/h7-11,27H,12-16H2,1-6H3. The Morgan fingerprint density at radius 1 is 0.900 bits per heavy atom. The number of nitrogens with zero attached hydrogens (tertiary/aromatic N) is 1. The second kappa shape index (κ2) is 10.5. The first-order valence-electron chi connectivity index (χ1n) is 13.4. The number of ketones is 2. The van der Waals surface area contributed by atoms with Crippen LogP contribution in [0.25, 0.3) is 0 Å². The van der Waals surface area contributed by atoms with Crippen LogP contribution in [-0.4, -0.2) is 30.6 Å². The van der Waals surface area contributed by atoms with Crippen LogP contribution in [0.4, 0.5) is 0 Å². The van der Waals surface area contributed by atoms with E-state index < -0.39 is 5.92 Å². The lowest BCUT2D eigenvalue weighted by molar-refractivity contribution is -0.119. The van der Waals surface area contributed by atoms with Crippen LogP contribution in [0.1, 0.15) is 70.4 Å². The molecule has 0 aromatic heterocycles. The number of ether oxygens (including phenoxy) is 2. The summed E-state index contributed by atoms with van der Waals surface area (Å²) in [7, 11) is 3.60. The molecular weight excluding hydrogens is 613 g/mol. The summed E-state index contributed by atoms with van der Waals surface area (Å²) in [6.07, 6.45) is 2.44. The highest BCUT2D eigenvalue weighted by atomic mass is 79.9. The third kappa shape index (κ3) is 5.35. The molecule has 1 aliphatic heterocycles. The summed E-state index contributed by atoms with van der Waals surface area (Å²) in [5.74, 6) is 0.785. The van der Waals surface area contributed by atoms with Gasteiger partial charge < -0.3 is 14.4 Å². The average molecular weight is 647 g/mol. The molecule has 5 rings (SSSR count). The lowest BCUT2D eigenvalue weighted by Gasteiger charge is -2.48. The molecule has 0 fully saturated rings. The molecule has 0 saturated carbocycles. The van der Waals surface area contributed by atoms with E-state index in [9.17, 15) is 9.59 Å². The van der Waals surface area contributed by atoms with Crippen molar-refractivity contribution in [3.8, 4) is 11.5 Å². The molecule has 3 aliphatic rings. The van der Waals surface area contributed by atoms with Gasteiger partial charge in [0.05, 0.1) is 21.6 Å². The fourth-order valence-electron chi connectivity index (χ4n) is 6.33. The normalized spacial score (nSPS) is 20.5. The number of carbonyl (C=O) groups is 2. The molecule has 8 heteroatoms. The SMILES string of the molecule is COc1cc(C2C3=C(CC(C)(C)CC3=O)N(C)C3=C2C(=O)CC(C)(C)C3)cc(Br)c1OCc1ccc(Cl)c(Cl)c1. The highest BCUT2D eigenvalue weighted by molar-refractivity contribution is 9.10. The molecule has 2 aliphatic carbocycles. The van der Waals surface area contributed by atoms with Gasteiger partial charge in [-0.1, -0.05) is 57.0 Å². The van der Waals surface area contributed by atoms with Gasteiger partial charge in [0.25, 0.3) is 0 Å². The second-order valence-electron chi connectivity index (χ2n) is 12.7. The molecular formula is C32H34BrCl2NO4. The van der Waals surface area contributed by atoms with E-state index in [0.717, 1.165) is 46.5 Å². The first kappa shape index (κ1) is 29.2. The fourth-order valence-corrected chi connectivity index (χ4v) is 7.22. The number of hydrogen-bond donors (Lipinski definition) is 0. The molecule has 0 atom stereocenters. The van der Waals surface area contributed by atoms with Gasteiger partial charge in [0.15, 0.2) is 23.1 Å². The van der Waals surface area contributed by atoms with Crippen LogP contribution in [0.3, 0.4) is 0 Å². The van der Waals surface area contributed by atoms with Gasteiger partial charge >= 0.3 is 0 Å². The monoisotopic (exact) mass is 645 g/mol. The predicted molar refractivity (Wildman–Crippen MR) is 162 cm³/mol. The summed E-state index contributed by atoms with van der Waals surface area (Å²) in [4.78, 5) is 29.7. The van der Waals surface area contributed by atoms with Gasteiger partial charge in [-0.25, -0.2) is 0 Å². The van der Waals surface area contributed by atoms with Crippen molar-refractivity contribution in [3.05, 3.63) is 78.5 Å². The molecule has 0 bridgehead atoms. The Morgan fingerprint density at radius 2 is 1.48 bits per heavy atom. The summed E-state index contributed by atoms with van der Waals surface area (Å²) in [5.41, 5.74) is 4.89. The van der Waals surface area contributed by atoms with Gasteiger partial charge in [0, 0.05) is 48.3 Å². The van der Waals surface area contributed by atoms with E-state index in [0.29, 0.717) is 38.9 Å². The highest BCUT2D eigenvalue weighted by Gasteiger charge is 2.48. The third-order valence-electron chi connectivity index (χ3n) is 8.13. The average Bonchev–Trinajstić information content (AvgIpc) is 2.85. The lowest BCUT2D eigenvalue weighted by Crippen LogP contribution is -2.43. The maximum atomic E-state index is 13.8. The molecule has 0 unspecified atom stereocenters. The minimum absolute atomic E-state index is 0.0994. The van der Waals surface area contributed by atoms with E-state index in [-0.39, 0.29) is 29.0 Å². The first-order chi connectivity index (χ1) is 18.7. The summed E-state index contributed by atoms with van der Waals surface area (Å²) >= 11 is 15.9. The maximum absolute atomic E-state index is 13.8. The van der Waals surface area contributed by atoms with E-state index in [1.807, 2.05) is 25.2 Å². The van der Waals surface area contributed by atoms with Crippen LogP contribution in [0.15, 0.2) is 57.3 Å². The van der Waals surface area contributed by atoms with Gasteiger partial charge in [-0.05, 0) is 75.0 Å². The topological polar surface area (TPSA) is 55.8 Å². The van der Waals surface area contributed by atoms with E-state index in [2.05, 4.69) is 48.5 Å². The number of Topliss-reactive ketones (excluding diaryl/α,β-unsaturated/α-hetero) is 2. The molecule has 5 nitrogen and oxygen atoms in total. The number of allylic oxidation sites excluding steroid dienone is 4. The summed E-state index contributed by atoms with van der Waals surface area (Å²) in [6, 6.07) is 9.22. The first-order valence-corrected chi connectivity index (χ1v) is 15.0.